The Bertz CT molecular complexity index is 579. The molecule has 0 fully saturated rings. The first-order chi connectivity index (χ1) is 12.0. The fraction of sp³-hybridized carbons (Fsp3) is 0.538. The lowest BCUT2D eigenvalue weighted by atomic mass is 10.1. The minimum absolute atomic E-state index is 0.290. The Hall–Kier alpha value is -3.22. The molecule has 2 unspecified atom stereocenters. The number of hydrogen-bond donors (Lipinski definition) is 7. The van der Waals surface area contributed by atoms with Crippen molar-refractivity contribution in [3.8, 4) is 0 Å². The Kier molecular flexibility index (Phi) is 9.95. The molecule has 0 heterocycles. The van der Waals surface area contributed by atoms with Crippen molar-refractivity contribution in [2.45, 2.75) is 31.3 Å². The molecular formula is C13H21N5O8. The Morgan fingerprint density at radius 3 is 1.96 bits per heavy atom. The topological polar surface area (TPSA) is 231 Å². The van der Waals surface area contributed by atoms with Gasteiger partial charge in [-0.15, -0.1) is 0 Å². The van der Waals surface area contributed by atoms with Crippen LogP contribution in [0, 0.1) is 0 Å². The number of rotatable bonds is 12. The summed E-state index contributed by atoms with van der Waals surface area (Å²) in [5, 5.41) is 23.5. The fourth-order valence-electron chi connectivity index (χ4n) is 1.68. The largest absolute Gasteiger partial charge is 0.481 e. The summed E-state index contributed by atoms with van der Waals surface area (Å²) in [7, 11) is 0. The average molecular weight is 375 g/mol. The lowest BCUT2D eigenvalue weighted by Gasteiger charge is -2.18. The van der Waals surface area contributed by atoms with Crippen molar-refractivity contribution in [2.24, 2.45) is 11.5 Å². The van der Waals surface area contributed by atoms with Crippen molar-refractivity contribution in [2.75, 3.05) is 13.1 Å². The number of carbonyl (C=O) groups excluding carboxylic acids is 4. The number of primary amides is 1. The average Bonchev–Trinajstić information content (AvgIpc) is 2.53. The minimum Gasteiger partial charge on any atom is -0.481 e. The molecule has 0 spiro atoms. The van der Waals surface area contributed by atoms with Crippen molar-refractivity contribution < 1.29 is 39.0 Å². The van der Waals surface area contributed by atoms with Gasteiger partial charge in [-0.1, -0.05) is 0 Å². The van der Waals surface area contributed by atoms with E-state index >= 15 is 0 Å². The van der Waals surface area contributed by atoms with Crippen molar-refractivity contribution in [3.63, 3.8) is 0 Å². The molecule has 0 saturated carbocycles. The molecular weight excluding hydrogens is 354 g/mol. The molecule has 0 aliphatic rings. The summed E-state index contributed by atoms with van der Waals surface area (Å²) in [4.78, 5) is 66.9. The first-order valence-corrected chi connectivity index (χ1v) is 7.35. The van der Waals surface area contributed by atoms with Gasteiger partial charge in [0.25, 0.3) is 0 Å². The van der Waals surface area contributed by atoms with E-state index in [1.807, 2.05) is 5.32 Å². The van der Waals surface area contributed by atoms with E-state index in [1.165, 1.54) is 0 Å². The van der Waals surface area contributed by atoms with Crippen LogP contribution in [-0.4, -0.2) is 71.0 Å². The third-order valence-corrected chi connectivity index (χ3v) is 2.89. The molecule has 0 saturated heterocycles. The van der Waals surface area contributed by atoms with E-state index in [2.05, 4.69) is 10.6 Å². The first-order valence-electron chi connectivity index (χ1n) is 7.35. The highest BCUT2D eigenvalue weighted by Gasteiger charge is 2.23. The number of aliphatic carboxylic acids is 2. The Labute approximate surface area is 147 Å². The number of hydrogen-bond acceptors (Lipinski definition) is 7. The summed E-state index contributed by atoms with van der Waals surface area (Å²) in [6.45, 7) is -1.31. The molecule has 0 aromatic rings. The van der Waals surface area contributed by atoms with Gasteiger partial charge in [-0.2, -0.15) is 0 Å². The predicted molar refractivity (Wildman–Crippen MR) is 84.2 cm³/mol. The van der Waals surface area contributed by atoms with Gasteiger partial charge in [-0.3, -0.25) is 28.8 Å². The zero-order valence-electron chi connectivity index (χ0n) is 13.7. The maximum absolute atomic E-state index is 11.8. The minimum atomic E-state index is -1.32. The molecule has 0 radical (unpaired) electrons. The van der Waals surface area contributed by atoms with Crippen LogP contribution in [0.25, 0.3) is 0 Å². The molecule has 13 heteroatoms. The van der Waals surface area contributed by atoms with Crippen LogP contribution in [0.15, 0.2) is 0 Å². The molecule has 0 aromatic carbocycles. The number of nitrogens with one attached hydrogen (secondary N) is 3. The van der Waals surface area contributed by atoms with E-state index in [4.69, 9.17) is 21.7 Å². The standard InChI is InChI=1S/C13H21N5O8/c14-6(3-8(15)19)12(25)16-4-9(20)18-7(1-2-10(21)22)13(26)17-5-11(23)24/h6-7H,1-5,14H2,(H2,15,19)(H,16,25)(H,17,26)(H,18,20)(H,21,22)(H,23,24). The number of amides is 4. The Morgan fingerprint density at radius 2 is 1.46 bits per heavy atom. The summed E-state index contributed by atoms with van der Waals surface area (Å²) in [6.07, 6.45) is -1.17. The third kappa shape index (κ3) is 10.5. The van der Waals surface area contributed by atoms with Crippen LogP contribution in [0.5, 0.6) is 0 Å². The smallest absolute Gasteiger partial charge is 0.322 e. The van der Waals surface area contributed by atoms with Crippen LogP contribution in [-0.2, 0) is 28.8 Å². The van der Waals surface area contributed by atoms with E-state index in [0.717, 1.165) is 0 Å². The van der Waals surface area contributed by atoms with Crippen LogP contribution in [0.4, 0.5) is 0 Å². The molecule has 0 bridgehead atoms. The van der Waals surface area contributed by atoms with Crippen LogP contribution >= 0.6 is 0 Å². The highest BCUT2D eigenvalue weighted by Crippen LogP contribution is 1.98. The first kappa shape index (κ1) is 22.8. The third-order valence-electron chi connectivity index (χ3n) is 2.89. The Balaban J connectivity index is 4.62. The molecule has 13 nitrogen and oxygen atoms in total. The highest BCUT2D eigenvalue weighted by atomic mass is 16.4. The highest BCUT2D eigenvalue weighted by molar-refractivity contribution is 5.93. The second kappa shape index (κ2) is 11.4. The van der Waals surface area contributed by atoms with Crippen LogP contribution in [0.3, 0.4) is 0 Å². The van der Waals surface area contributed by atoms with Gasteiger partial charge in [-0.05, 0) is 6.42 Å². The van der Waals surface area contributed by atoms with Crippen LogP contribution < -0.4 is 27.4 Å². The zero-order valence-corrected chi connectivity index (χ0v) is 13.7. The van der Waals surface area contributed by atoms with Crippen LogP contribution in [0.2, 0.25) is 0 Å². The number of nitrogens with two attached hydrogens (primary N) is 2. The molecule has 2 atom stereocenters. The molecule has 0 aliphatic heterocycles. The second-order valence-corrected chi connectivity index (χ2v) is 5.16. The lowest BCUT2D eigenvalue weighted by molar-refractivity contribution is -0.140. The van der Waals surface area contributed by atoms with Gasteiger partial charge in [0.15, 0.2) is 0 Å². The van der Waals surface area contributed by atoms with Crippen molar-refractivity contribution in [1.29, 1.82) is 0 Å². The van der Waals surface area contributed by atoms with Gasteiger partial charge in [0.05, 0.1) is 19.0 Å². The van der Waals surface area contributed by atoms with Gasteiger partial charge in [0, 0.05) is 6.42 Å². The van der Waals surface area contributed by atoms with Crippen molar-refractivity contribution >= 4 is 35.6 Å². The van der Waals surface area contributed by atoms with E-state index < -0.39 is 73.6 Å². The monoisotopic (exact) mass is 375 g/mol. The van der Waals surface area contributed by atoms with Gasteiger partial charge in [-0.25, -0.2) is 0 Å². The van der Waals surface area contributed by atoms with Gasteiger partial charge in [0.2, 0.25) is 23.6 Å². The molecule has 9 N–H and O–H groups in total. The van der Waals surface area contributed by atoms with Crippen molar-refractivity contribution in [3.05, 3.63) is 0 Å². The summed E-state index contributed by atoms with van der Waals surface area (Å²) < 4.78 is 0. The summed E-state index contributed by atoms with van der Waals surface area (Å²) in [6, 6.07) is -2.56. The Morgan fingerprint density at radius 1 is 0.885 bits per heavy atom. The van der Waals surface area contributed by atoms with Crippen molar-refractivity contribution in [1.82, 2.24) is 16.0 Å². The lowest BCUT2D eigenvalue weighted by Crippen LogP contribution is -2.51. The predicted octanol–water partition coefficient (Wildman–Crippen LogP) is -4.14. The van der Waals surface area contributed by atoms with Gasteiger partial charge < -0.3 is 37.6 Å². The second-order valence-electron chi connectivity index (χ2n) is 5.16. The zero-order chi connectivity index (χ0) is 20.3. The fourth-order valence-corrected chi connectivity index (χ4v) is 1.68. The van der Waals surface area contributed by atoms with E-state index in [9.17, 15) is 28.8 Å². The van der Waals surface area contributed by atoms with Gasteiger partial charge in [0.1, 0.15) is 12.6 Å². The summed E-state index contributed by atoms with van der Waals surface area (Å²) in [5.74, 6) is -5.90. The SMILES string of the molecule is NC(=O)CC(N)C(=O)NCC(=O)NC(CCC(=O)O)C(=O)NCC(=O)O. The molecule has 0 aliphatic carbocycles. The number of carboxylic acid groups (broad SMARTS) is 2. The molecule has 146 valence electrons. The van der Waals surface area contributed by atoms with E-state index in [-0.39, 0.29) is 6.42 Å². The van der Waals surface area contributed by atoms with Crippen LogP contribution in [0.1, 0.15) is 19.3 Å². The summed E-state index contributed by atoms with van der Waals surface area (Å²) >= 11 is 0. The number of carbonyl (C=O) groups is 6. The molecule has 0 rings (SSSR count). The maximum Gasteiger partial charge on any atom is 0.322 e. The van der Waals surface area contributed by atoms with E-state index in [0.29, 0.717) is 0 Å². The molecule has 26 heavy (non-hydrogen) atoms. The van der Waals surface area contributed by atoms with Gasteiger partial charge >= 0.3 is 11.9 Å². The van der Waals surface area contributed by atoms with E-state index in [1.54, 1.807) is 0 Å². The maximum atomic E-state index is 11.8. The normalized spacial score (nSPS) is 12.3. The molecule has 4 amide bonds. The quantitative estimate of drug-likeness (QED) is 0.175. The summed E-state index contributed by atoms with van der Waals surface area (Å²) in [5.41, 5.74) is 10.3. The number of carboxylic acids is 2. The molecule has 0 aromatic heterocycles.